The fraction of sp³-hybridized carbons (Fsp3) is 0.778. The zero-order valence-electron chi connectivity index (χ0n) is 8.88. The minimum absolute atomic E-state index is 0.000417. The van der Waals surface area contributed by atoms with Crippen molar-refractivity contribution < 1.29 is 9.59 Å². The van der Waals surface area contributed by atoms with Crippen LogP contribution in [-0.2, 0) is 4.79 Å². The van der Waals surface area contributed by atoms with Crippen LogP contribution in [-0.4, -0.2) is 43.6 Å². The molecule has 1 aliphatic heterocycles. The Morgan fingerprint density at radius 2 is 2.29 bits per heavy atom. The first-order valence-corrected chi connectivity index (χ1v) is 5.21. The summed E-state index contributed by atoms with van der Waals surface area (Å²) in [6.07, 6.45) is 2.66. The molecule has 78 valence electrons. The summed E-state index contributed by atoms with van der Waals surface area (Å²) in [5, 5.41) is 2.83. The molecule has 0 radical (unpaired) electrons. The Labute approximate surface area is 85.4 Å². The van der Waals surface area contributed by atoms with E-state index in [1.807, 2.05) is 6.92 Å². The maximum Gasteiger partial charge on any atom is 0.242 e. The first-order chi connectivity index (χ1) is 6.66. The van der Waals surface area contributed by atoms with Crippen molar-refractivity contribution in [2.75, 3.05) is 13.1 Å². The average molecular weight is 196 g/mol. The number of rotatable bonds is 3. The van der Waals surface area contributed by atoms with Gasteiger partial charge in [0.05, 0.1) is 0 Å². The Morgan fingerprint density at radius 1 is 1.57 bits per heavy atom. The van der Waals surface area contributed by atoms with Gasteiger partial charge >= 0.3 is 0 Å². The molecular formula is C9H17BN2O2. The molecule has 4 nitrogen and oxygen atoms in total. The largest absolute Gasteiger partial charge is 0.354 e. The highest BCUT2D eigenvalue weighted by Gasteiger charge is 2.31. The number of nitrogens with one attached hydrogen (secondary N) is 1. The SMILES string of the molecule is BC(=O)N1CCCC1C(=O)NCCC. The van der Waals surface area contributed by atoms with E-state index in [1.54, 1.807) is 4.90 Å². The number of nitrogens with zero attached hydrogens (tertiary/aromatic N) is 1. The van der Waals surface area contributed by atoms with Gasteiger partial charge in [-0.3, -0.25) is 9.59 Å². The number of amides is 2. The number of carbonyl (C=O) groups excluding carboxylic acids is 2. The molecule has 14 heavy (non-hydrogen) atoms. The van der Waals surface area contributed by atoms with Gasteiger partial charge in [-0.2, -0.15) is 0 Å². The predicted molar refractivity (Wildman–Crippen MR) is 57.0 cm³/mol. The van der Waals surface area contributed by atoms with E-state index >= 15 is 0 Å². The Hall–Kier alpha value is -0.995. The average Bonchev–Trinajstić information content (AvgIpc) is 2.62. The molecule has 5 heteroatoms. The van der Waals surface area contributed by atoms with Crippen molar-refractivity contribution in [1.82, 2.24) is 10.2 Å². The second-order valence-corrected chi connectivity index (χ2v) is 3.66. The molecule has 1 atom stereocenters. The molecule has 1 fully saturated rings. The fourth-order valence-electron chi connectivity index (χ4n) is 1.78. The Kier molecular flexibility index (Phi) is 3.98. The van der Waals surface area contributed by atoms with Crippen LogP contribution in [0.5, 0.6) is 0 Å². The molecule has 0 saturated carbocycles. The van der Waals surface area contributed by atoms with Crippen LogP contribution in [0.25, 0.3) is 0 Å². The van der Waals surface area contributed by atoms with Crippen LogP contribution in [0, 0.1) is 0 Å². The maximum atomic E-state index is 11.6. The van der Waals surface area contributed by atoms with Crippen LogP contribution in [0.2, 0.25) is 0 Å². The van der Waals surface area contributed by atoms with Gasteiger partial charge in [-0.15, -0.1) is 0 Å². The second-order valence-electron chi connectivity index (χ2n) is 3.66. The fourth-order valence-corrected chi connectivity index (χ4v) is 1.78. The summed E-state index contributed by atoms with van der Waals surface area (Å²) in [6.45, 7) is 3.43. The van der Waals surface area contributed by atoms with Gasteiger partial charge in [-0.1, -0.05) is 6.92 Å². The van der Waals surface area contributed by atoms with Gasteiger partial charge in [0.15, 0.2) is 5.81 Å². The molecule has 1 unspecified atom stereocenters. The third-order valence-corrected chi connectivity index (χ3v) is 2.51. The first-order valence-electron chi connectivity index (χ1n) is 5.21. The van der Waals surface area contributed by atoms with Crippen molar-refractivity contribution in [2.24, 2.45) is 0 Å². The lowest BCUT2D eigenvalue weighted by Crippen LogP contribution is -2.45. The van der Waals surface area contributed by atoms with Crippen LogP contribution < -0.4 is 5.32 Å². The molecule has 1 heterocycles. The molecule has 0 aromatic carbocycles. The Bertz CT molecular complexity index is 233. The van der Waals surface area contributed by atoms with Crippen molar-refractivity contribution in [2.45, 2.75) is 32.2 Å². The van der Waals surface area contributed by atoms with Gasteiger partial charge in [0, 0.05) is 13.1 Å². The molecule has 1 saturated heterocycles. The predicted octanol–water partition coefficient (Wildman–Crippen LogP) is -0.270. The summed E-state index contributed by atoms with van der Waals surface area (Å²) in [6, 6.07) is -0.223. The van der Waals surface area contributed by atoms with Gasteiger partial charge < -0.3 is 10.2 Å². The molecule has 2 amide bonds. The number of likely N-dealkylation sites (tertiary alicyclic amines) is 1. The summed E-state index contributed by atoms with van der Waals surface area (Å²) in [5.41, 5.74) is 0. The summed E-state index contributed by atoms with van der Waals surface area (Å²) in [5.74, 6) is -0.00121. The highest BCUT2D eigenvalue weighted by molar-refractivity contribution is 6.57. The van der Waals surface area contributed by atoms with E-state index in [0.29, 0.717) is 6.54 Å². The molecule has 1 aliphatic rings. The normalized spacial score (nSPS) is 20.9. The van der Waals surface area contributed by atoms with Crippen LogP contribution in [0.1, 0.15) is 26.2 Å². The molecule has 0 aromatic rings. The van der Waals surface area contributed by atoms with Gasteiger partial charge in [-0.05, 0) is 19.3 Å². The van der Waals surface area contributed by atoms with Gasteiger partial charge in [0.25, 0.3) is 0 Å². The van der Waals surface area contributed by atoms with Crippen molar-refractivity contribution in [1.29, 1.82) is 0 Å². The van der Waals surface area contributed by atoms with Crippen LogP contribution in [0.3, 0.4) is 0 Å². The van der Waals surface area contributed by atoms with Crippen LogP contribution in [0.4, 0.5) is 4.79 Å². The maximum absolute atomic E-state index is 11.6. The smallest absolute Gasteiger partial charge is 0.242 e. The van der Waals surface area contributed by atoms with Crippen LogP contribution >= 0.6 is 0 Å². The minimum atomic E-state index is -0.223. The molecule has 1 rings (SSSR count). The van der Waals surface area contributed by atoms with E-state index < -0.39 is 0 Å². The topological polar surface area (TPSA) is 49.4 Å². The van der Waals surface area contributed by atoms with Crippen molar-refractivity contribution >= 4 is 19.6 Å². The third-order valence-electron chi connectivity index (χ3n) is 2.51. The second kappa shape index (κ2) is 5.03. The summed E-state index contributed by atoms with van der Waals surface area (Å²) >= 11 is 0. The Balaban J connectivity index is 2.49. The quantitative estimate of drug-likeness (QED) is 0.631. The third kappa shape index (κ3) is 2.50. The lowest BCUT2D eigenvalue weighted by molar-refractivity contribution is -0.124. The molecule has 0 aromatic heterocycles. The van der Waals surface area contributed by atoms with E-state index in [2.05, 4.69) is 5.32 Å². The van der Waals surface area contributed by atoms with E-state index in [9.17, 15) is 9.59 Å². The molecular weight excluding hydrogens is 179 g/mol. The lowest BCUT2D eigenvalue weighted by Gasteiger charge is -2.22. The zero-order chi connectivity index (χ0) is 10.6. The van der Waals surface area contributed by atoms with Gasteiger partial charge in [0.2, 0.25) is 13.8 Å². The number of hydrogen-bond donors (Lipinski definition) is 1. The van der Waals surface area contributed by atoms with E-state index in [0.717, 1.165) is 25.8 Å². The van der Waals surface area contributed by atoms with Gasteiger partial charge in [-0.25, -0.2) is 0 Å². The summed E-state index contributed by atoms with van der Waals surface area (Å²) in [7, 11) is 1.52. The number of carbonyl (C=O) groups is 2. The standard InChI is InChI=1S/C9H17BN2O2/c1-2-5-11-8(13)7-4-3-6-12(7)9(10)14/h7H,2-6,10H2,1H3,(H,11,13). The van der Waals surface area contributed by atoms with Crippen molar-refractivity contribution in [3.05, 3.63) is 0 Å². The number of hydrogen-bond acceptors (Lipinski definition) is 2. The zero-order valence-corrected chi connectivity index (χ0v) is 8.88. The molecule has 0 bridgehead atoms. The van der Waals surface area contributed by atoms with E-state index in [1.165, 1.54) is 7.85 Å². The van der Waals surface area contributed by atoms with E-state index in [4.69, 9.17) is 0 Å². The van der Waals surface area contributed by atoms with Gasteiger partial charge in [0.1, 0.15) is 6.04 Å². The van der Waals surface area contributed by atoms with Crippen molar-refractivity contribution in [3.8, 4) is 0 Å². The van der Waals surface area contributed by atoms with E-state index in [-0.39, 0.29) is 17.8 Å². The molecule has 1 N–H and O–H groups in total. The molecule has 0 aliphatic carbocycles. The highest BCUT2D eigenvalue weighted by Crippen LogP contribution is 2.16. The Morgan fingerprint density at radius 3 is 2.86 bits per heavy atom. The monoisotopic (exact) mass is 196 g/mol. The molecule has 0 spiro atoms. The first kappa shape index (κ1) is 11.1. The van der Waals surface area contributed by atoms with Crippen molar-refractivity contribution in [3.63, 3.8) is 0 Å². The highest BCUT2D eigenvalue weighted by atomic mass is 16.2. The summed E-state index contributed by atoms with van der Waals surface area (Å²) < 4.78 is 0. The minimum Gasteiger partial charge on any atom is -0.354 e. The van der Waals surface area contributed by atoms with Crippen LogP contribution in [0.15, 0.2) is 0 Å². The lowest BCUT2D eigenvalue weighted by atomic mass is 10.1. The summed E-state index contributed by atoms with van der Waals surface area (Å²) in [4.78, 5) is 24.5.